The van der Waals surface area contributed by atoms with Gasteiger partial charge in [-0.05, 0) is 57.4 Å². The fourth-order valence-corrected chi connectivity index (χ4v) is 3.37. The van der Waals surface area contributed by atoms with Gasteiger partial charge in [0.25, 0.3) is 17.6 Å². The summed E-state index contributed by atoms with van der Waals surface area (Å²) in [5.41, 5.74) is 8.44. The first-order valence-electron chi connectivity index (χ1n) is 12.3. The molecule has 6 N–H and O–H groups in total. The maximum Gasteiger partial charge on any atom is 0.419 e. The number of carbonyl (C=O) groups excluding carboxylic acids is 4. The molecule has 2 rings (SSSR count). The largest absolute Gasteiger partial charge is 0.426 e. The number of esters is 1. The molecule has 0 fully saturated rings. The number of hydrogen-bond donors (Lipinski definition) is 5. The molecule has 0 saturated heterocycles. The third-order valence-electron chi connectivity index (χ3n) is 5.57. The number of amides is 3. The number of H-pyrrole nitrogens is 1. The van der Waals surface area contributed by atoms with E-state index in [9.17, 15) is 19.2 Å². The van der Waals surface area contributed by atoms with E-state index in [1.54, 1.807) is 32.0 Å². The van der Waals surface area contributed by atoms with Crippen LogP contribution in [0.5, 0.6) is 0 Å². The van der Waals surface area contributed by atoms with E-state index in [-0.39, 0.29) is 23.9 Å². The van der Waals surface area contributed by atoms with Gasteiger partial charge in [0.2, 0.25) is 6.79 Å². The van der Waals surface area contributed by atoms with Crippen molar-refractivity contribution in [2.24, 2.45) is 10.7 Å². The topological polar surface area (TPSA) is 190 Å². The average molecular weight is 544 g/mol. The molecule has 0 radical (unpaired) electrons. The van der Waals surface area contributed by atoms with Crippen molar-refractivity contribution < 1.29 is 38.8 Å². The second-order valence-electron chi connectivity index (χ2n) is 8.45. The fraction of sp³-hybridized carbons (Fsp3) is 0.385. The van der Waals surface area contributed by atoms with Crippen LogP contribution in [-0.4, -0.2) is 77.0 Å². The number of nitrogens with zero attached hydrogens (tertiary/aromatic N) is 2. The summed E-state index contributed by atoms with van der Waals surface area (Å²) in [6.07, 6.45) is 0.996. The van der Waals surface area contributed by atoms with Gasteiger partial charge in [0.1, 0.15) is 17.5 Å². The molecular weight excluding hydrogens is 508 g/mol. The Bertz CT molecular complexity index is 1270. The number of amidine groups is 1. The number of carbonyl (C=O) groups is 4. The lowest BCUT2D eigenvalue weighted by Gasteiger charge is -2.18. The van der Waals surface area contributed by atoms with Crippen LogP contribution in [-0.2, 0) is 14.3 Å². The molecule has 1 unspecified atom stereocenters. The molecule has 13 nitrogen and oxygen atoms in total. The lowest BCUT2D eigenvalue weighted by molar-refractivity contribution is -0.309. The smallest absolute Gasteiger partial charge is 0.419 e. The molecule has 13 heteroatoms. The van der Waals surface area contributed by atoms with E-state index in [0.29, 0.717) is 29.1 Å². The van der Waals surface area contributed by atoms with Crippen LogP contribution < -0.4 is 16.0 Å². The lowest BCUT2D eigenvalue weighted by Crippen LogP contribution is -2.75. The maximum atomic E-state index is 13.2. The minimum Gasteiger partial charge on any atom is -0.426 e. The molecule has 0 spiro atoms. The van der Waals surface area contributed by atoms with E-state index in [2.05, 4.69) is 25.0 Å². The zero-order chi connectivity index (χ0) is 29.1. The number of nitrogens with one attached hydrogen (secondary N) is 3. The third-order valence-corrected chi connectivity index (χ3v) is 5.57. The van der Waals surface area contributed by atoms with Gasteiger partial charge in [-0.2, -0.15) is 0 Å². The van der Waals surface area contributed by atoms with Gasteiger partial charge in [-0.25, -0.2) is 19.5 Å². The standard InChI is InChI=1S/C26H34N6O7/c1-6-10-28-23(34)18-9-8-15(3)20(11-18)31-22(30-13-27)21-16(4)19(12-29-21)24(35)32(7-2)26(37)39-14-38-25(36)17(5)33/h8-9,11-13,17,29,33H,6-7,10,14H2,1-5H3,(H,28,34)(H2,27,30,31)/p+1. The average Bonchev–Trinajstić information content (AvgIpc) is 3.29. The highest BCUT2D eigenvalue weighted by Gasteiger charge is 2.28. The highest BCUT2D eigenvalue weighted by molar-refractivity contribution is 6.06. The minimum absolute atomic E-state index is 0.0240. The number of nitrogens with two attached hydrogens (primary N) is 1. The van der Waals surface area contributed by atoms with Crippen LogP contribution in [0.25, 0.3) is 0 Å². The zero-order valence-corrected chi connectivity index (χ0v) is 22.7. The number of imide groups is 1. The minimum atomic E-state index is -1.38. The Morgan fingerprint density at radius 1 is 1.23 bits per heavy atom. The number of aromatic nitrogens is 1. The van der Waals surface area contributed by atoms with E-state index >= 15 is 0 Å². The van der Waals surface area contributed by atoms with Crippen molar-refractivity contribution in [1.82, 2.24) is 15.2 Å². The Kier molecular flexibility index (Phi) is 11.4. The predicted molar refractivity (Wildman–Crippen MR) is 143 cm³/mol. The molecule has 0 saturated carbocycles. The van der Waals surface area contributed by atoms with E-state index in [4.69, 9.17) is 15.6 Å². The summed E-state index contributed by atoms with van der Waals surface area (Å²) in [4.78, 5) is 60.7. The first-order valence-corrected chi connectivity index (χ1v) is 12.3. The van der Waals surface area contributed by atoms with Crippen LogP contribution in [0.2, 0.25) is 0 Å². The summed E-state index contributed by atoms with van der Waals surface area (Å²) in [5.74, 6) is -1.57. The van der Waals surface area contributed by atoms with E-state index in [1.807, 2.05) is 13.8 Å². The number of ether oxygens (including phenoxy) is 2. The van der Waals surface area contributed by atoms with Gasteiger partial charge >= 0.3 is 12.1 Å². The quantitative estimate of drug-likeness (QED) is 0.123. The number of aliphatic hydroxyl groups excluding tert-OH is 1. The van der Waals surface area contributed by atoms with Gasteiger partial charge in [-0.15, -0.1) is 4.99 Å². The predicted octanol–water partition coefficient (Wildman–Crippen LogP) is 0.397. The molecule has 0 aliphatic carbocycles. The van der Waals surface area contributed by atoms with Crippen LogP contribution in [0.3, 0.4) is 0 Å². The van der Waals surface area contributed by atoms with Gasteiger partial charge in [-0.1, -0.05) is 13.0 Å². The monoisotopic (exact) mass is 543 g/mol. The van der Waals surface area contributed by atoms with Gasteiger partial charge in [0, 0.05) is 24.8 Å². The molecule has 39 heavy (non-hydrogen) atoms. The van der Waals surface area contributed by atoms with E-state index < -0.39 is 30.9 Å². The molecule has 2 aromatic rings. The van der Waals surface area contributed by atoms with Gasteiger partial charge in [0.05, 0.1) is 5.56 Å². The van der Waals surface area contributed by atoms with Crippen molar-refractivity contribution in [2.45, 2.75) is 47.1 Å². The fourth-order valence-electron chi connectivity index (χ4n) is 3.37. The maximum absolute atomic E-state index is 13.2. The highest BCUT2D eigenvalue weighted by Crippen LogP contribution is 2.22. The Labute approximate surface area is 226 Å². The first-order chi connectivity index (χ1) is 18.5. The van der Waals surface area contributed by atoms with Crippen molar-refractivity contribution in [2.75, 3.05) is 19.9 Å². The Morgan fingerprint density at radius 3 is 2.56 bits per heavy atom. The summed E-state index contributed by atoms with van der Waals surface area (Å²) in [5, 5.41) is 12.0. The second-order valence-corrected chi connectivity index (χ2v) is 8.45. The van der Waals surface area contributed by atoms with Crippen molar-refractivity contribution in [1.29, 1.82) is 0 Å². The normalized spacial score (nSPS) is 12.2. The summed E-state index contributed by atoms with van der Waals surface area (Å²) >= 11 is 0. The second kappa shape index (κ2) is 14.4. The molecule has 210 valence electrons. The zero-order valence-electron chi connectivity index (χ0n) is 22.7. The molecule has 1 heterocycles. The Hall–Kier alpha value is -4.52. The number of rotatable bonds is 10. The van der Waals surface area contributed by atoms with Gasteiger partial charge < -0.3 is 30.6 Å². The molecule has 3 amide bonds. The summed E-state index contributed by atoms with van der Waals surface area (Å²) in [6, 6.07) is 5.15. The van der Waals surface area contributed by atoms with E-state index in [1.165, 1.54) is 19.5 Å². The number of aliphatic imine (C=N–C) groups is 1. The van der Waals surface area contributed by atoms with Crippen LogP contribution >= 0.6 is 0 Å². The van der Waals surface area contributed by atoms with Gasteiger partial charge in [0.15, 0.2) is 6.34 Å². The van der Waals surface area contributed by atoms with Crippen molar-refractivity contribution >= 4 is 41.7 Å². The molecule has 1 aromatic heterocycles. The van der Waals surface area contributed by atoms with E-state index in [0.717, 1.165) is 16.9 Å². The summed E-state index contributed by atoms with van der Waals surface area (Å²) < 4.78 is 9.46. The molecular formula is C26H35N6O7+. The third kappa shape index (κ3) is 7.98. The van der Waals surface area contributed by atoms with Crippen LogP contribution in [0.4, 0.5) is 10.5 Å². The number of hydrogen-bond acceptors (Lipinski definition) is 8. The Morgan fingerprint density at radius 2 is 1.95 bits per heavy atom. The van der Waals surface area contributed by atoms with Crippen LogP contribution in [0.15, 0.2) is 29.4 Å². The van der Waals surface area contributed by atoms with Crippen LogP contribution in [0.1, 0.15) is 64.7 Å². The summed E-state index contributed by atoms with van der Waals surface area (Å²) in [6.45, 7) is 8.02. The number of aromatic amines is 1. The number of aryl methyl sites for hydroxylation is 1. The first kappa shape index (κ1) is 30.7. The Balaban J connectivity index is 2.34. The van der Waals surface area contributed by atoms with Crippen LogP contribution in [0, 0.1) is 13.8 Å². The number of benzene rings is 1. The molecule has 0 bridgehead atoms. The molecule has 1 atom stereocenters. The van der Waals surface area contributed by atoms with Crippen molar-refractivity contribution in [3.63, 3.8) is 0 Å². The SMILES string of the molecule is CCCNC(=O)c1ccc(C)c(N=C([NH+]=CN)c2[nH]cc(C(=O)N(CC)C(=O)OCOC(=O)C(C)O)c2C)c1. The molecule has 0 aliphatic heterocycles. The van der Waals surface area contributed by atoms with Crippen molar-refractivity contribution in [3.8, 4) is 0 Å². The molecule has 0 aliphatic rings. The molecule has 1 aromatic carbocycles. The highest BCUT2D eigenvalue weighted by atomic mass is 16.7. The lowest BCUT2D eigenvalue weighted by atomic mass is 10.1. The van der Waals surface area contributed by atoms with Gasteiger partial charge in [-0.3, -0.25) is 9.59 Å². The number of aliphatic hydroxyl groups is 1. The van der Waals surface area contributed by atoms with Crippen molar-refractivity contribution in [3.05, 3.63) is 52.3 Å². The summed E-state index contributed by atoms with van der Waals surface area (Å²) in [7, 11) is 0.